The van der Waals surface area contributed by atoms with E-state index in [9.17, 15) is 18.8 Å². The van der Waals surface area contributed by atoms with Gasteiger partial charge in [-0.25, -0.2) is 9.37 Å². The van der Waals surface area contributed by atoms with Crippen LogP contribution in [0.15, 0.2) is 29.8 Å². The summed E-state index contributed by atoms with van der Waals surface area (Å²) in [5.41, 5.74) is 3.05. The largest absolute Gasteiger partial charge is 0.350 e. The van der Waals surface area contributed by atoms with E-state index in [0.29, 0.717) is 31.3 Å². The molecule has 3 amide bonds. The molecule has 41 heavy (non-hydrogen) atoms. The molecule has 5 rings (SSSR count). The smallest absolute Gasteiger partial charge is 0.258 e. The molecule has 9 heteroatoms. The SMILES string of the molecule is Cc1ncsc1-c1ccc(CNC(=O)[C@@H]2C[C@@H](C)CN2C(=O)[C@@H](NC(=O)C2(F)CC2)C2CCC(C(C)C)CC2)cc1. The van der Waals surface area contributed by atoms with Crippen molar-refractivity contribution < 1.29 is 18.8 Å². The van der Waals surface area contributed by atoms with E-state index in [-0.39, 0.29) is 36.5 Å². The van der Waals surface area contributed by atoms with Crippen LogP contribution in [0, 0.1) is 30.6 Å². The van der Waals surface area contributed by atoms with Crippen molar-refractivity contribution in [1.29, 1.82) is 0 Å². The molecular weight excluding hydrogens is 539 g/mol. The third kappa shape index (κ3) is 6.65. The lowest BCUT2D eigenvalue weighted by molar-refractivity contribution is -0.144. The van der Waals surface area contributed by atoms with E-state index in [0.717, 1.165) is 47.4 Å². The molecule has 2 saturated carbocycles. The lowest BCUT2D eigenvalue weighted by atomic mass is 9.74. The van der Waals surface area contributed by atoms with Crippen molar-refractivity contribution in [3.63, 3.8) is 0 Å². The van der Waals surface area contributed by atoms with Crippen LogP contribution in [0.4, 0.5) is 4.39 Å². The summed E-state index contributed by atoms with van der Waals surface area (Å²) >= 11 is 1.60. The van der Waals surface area contributed by atoms with Gasteiger partial charge in [-0.05, 0) is 86.7 Å². The fraction of sp³-hybridized carbons (Fsp3) is 0.625. The van der Waals surface area contributed by atoms with Gasteiger partial charge in [0.2, 0.25) is 11.8 Å². The molecule has 3 atom stereocenters. The lowest BCUT2D eigenvalue weighted by Crippen LogP contribution is -2.57. The molecule has 1 aromatic heterocycles. The number of nitrogens with zero attached hydrogens (tertiary/aromatic N) is 2. The Labute approximate surface area is 246 Å². The number of hydrogen-bond donors (Lipinski definition) is 2. The zero-order valence-electron chi connectivity index (χ0n) is 24.6. The highest BCUT2D eigenvalue weighted by atomic mass is 32.1. The fourth-order valence-electron chi connectivity index (χ4n) is 6.51. The number of hydrogen-bond acceptors (Lipinski definition) is 5. The summed E-state index contributed by atoms with van der Waals surface area (Å²) in [7, 11) is 0. The Bertz CT molecular complexity index is 1250. The topological polar surface area (TPSA) is 91.4 Å². The van der Waals surface area contributed by atoms with Crippen molar-refractivity contribution in [2.45, 2.75) is 96.9 Å². The van der Waals surface area contributed by atoms with Crippen LogP contribution in [0.2, 0.25) is 0 Å². The number of benzene rings is 1. The first kappa shape index (κ1) is 29.7. The van der Waals surface area contributed by atoms with Gasteiger partial charge in [-0.3, -0.25) is 14.4 Å². The van der Waals surface area contributed by atoms with E-state index >= 15 is 0 Å². The lowest BCUT2D eigenvalue weighted by Gasteiger charge is -2.37. The highest BCUT2D eigenvalue weighted by Crippen LogP contribution is 2.41. The summed E-state index contributed by atoms with van der Waals surface area (Å²) in [6.45, 7) is 9.28. The van der Waals surface area contributed by atoms with Gasteiger partial charge in [0, 0.05) is 13.1 Å². The van der Waals surface area contributed by atoms with Crippen LogP contribution in [0.25, 0.3) is 10.4 Å². The van der Waals surface area contributed by atoms with Crippen molar-refractivity contribution >= 4 is 29.1 Å². The molecule has 7 nitrogen and oxygen atoms in total. The molecule has 222 valence electrons. The Kier molecular flexibility index (Phi) is 8.83. The van der Waals surface area contributed by atoms with E-state index in [1.807, 2.05) is 43.6 Å². The van der Waals surface area contributed by atoms with E-state index < -0.39 is 23.7 Å². The average Bonchev–Trinajstić information content (AvgIpc) is 3.38. The molecular formula is C32H43FN4O3S. The first-order valence-corrected chi connectivity index (χ1v) is 16.0. The zero-order valence-corrected chi connectivity index (χ0v) is 25.4. The number of aromatic nitrogens is 1. The molecule has 2 aromatic rings. The van der Waals surface area contributed by atoms with Crippen molar-refractivity contribution in [3.05, 3.63) is 41.0 Å². The molecule has 1 aromatic carbocycles. The minimum atomic E-state index is -1.85. The van der Waals surface area contributed by atoms with Gasteiger partial charge in [-0.2, -0.15) is 0 Å². The zero-order chi connectivity index (χ0) is 29.3. The summed E-state index contributed by atoms with van der Waals surface area (Å²) in [6.07, 6.45) is 4.59. The summed E-state index contributed by atoms with van der Waals surface area (Å²) in [5.74, 6) is 0.156. The third-order valence-corrected chi connectivity index (χ3v) is 10.4. The van der Waals surface area contributed by atoms with Gasteiger partial charge < -0.3 is 15.5 Å². The van der Waals surface area contributed by atoms with Gasteiger partial charge in [0.25, 0.3) is 5.91 Å². The third-order valence-electron chi connectivity index (χ3n) is 9.40. The number of likely N-dealkylation sites (tertiary alicyclic amines) is 1. The van der Waals surface area contributed by atoms with E-state index in [1.54, 1.807) is 16.2 Å². The van der Waals surface area contributed by atoms with Crippen LogP contribution in [-0.4, -0.2) is 51.9 Å². The summed E-state index contributed by atoms with van der Waals surface area (Å²) < 4.78 is 14.7. The van der Waals surface area contributed by atoms with E-state index in [4.69, 9.17) is 0 Å². The highest BCUT2D eigenvalue weighted by Gasteiger charge is 2.53. The second-order valence-electron chi connectivity index (χ2n) is 12.9. The maximum Gasteiger partial charge on any atom is 0.258 e. The Hall–Kier alpha value is -2.81. The molecule has 0 bridgehead atoms. The summed E-state index contributed by atoms with van der Waals surface area (Å²) in [6, 6.07) is 6.66. The van der Waals surface area contributed by atoms with Crippen LogP contribution in [0.3, 0.4) is 0 Å². The predicted octanol–water partition coefficient (Wildman–Crippen LogP) is 5.42. The van der Waals surface area contributed by atoms with E-state index in [2.05, 4.69) is 29.5 Å². The standard InChI is InChI=1S/C32H43FN4O3S/c1-19(2)23-9-11-24(12-10-23)27(36-31(40)32(33)13-14-32)30(39)37-17-20(3)15-26(37)29(38)34-16-22-5-7-25(8-6-22)28-21(4)35-18-41-28/h5-8,18-20,23-24,26-27H,9-17H2,1-4H3,(H,34,38)(H,36,40)/t20-,23?,24?,26+,27+/m1/s1. The maximum atomic E-state index is 14.7. The molecule has 0 unspecified atom stereocenters. The monoisotopic (exact) mass is 582 g/mol. The van der Waals surface area contributed by atoms with E-state index in [1.165, 1.54) is 0 Å². The predicted molar refractivity (Wildman–Crippen MR) is 159 cm³/mol. The van der Waals surface area contributed by atoms with Gasteiger partial charge in [-0.15, -0.1) is 11.3 Å². The first-order valence-electron chi connectivity index (χ1n) is 15.1. The number of alkyl halides is 1. The van der Waals surface area contributed by atoms with Crippen LogP contribution in [0.5, 0.6) is 0 Å². The normalized spacial score (nSPS) is 26.0. The number of aryl methyl sites for hydroxylation is 1. The Morgan fingerprint density at radius 3 is 2.34 bits per heavy atom. The van der Waals surface area contributed by atoms with Crippen LogP contribution < -0.4 is 10.6 Å². The highest BCUT2D eigenvalue weighted by molar-refractivity contribution is 7.13. The van der Waals surface area contributed by atoms with Crippen molar-refractivity contribution in [3.8, 4) is 10.4 Å². The Morgan fingerprint density at radius 2 is 1.76 bits per heavy atom. The molecule has 2 aliphatic carbocycles. The Balaban J connectivity index is 1.26. The van der Waals surface area contributed by atoms with Crippen molar-refractivity contribution in [1.82, 2.24) is 20.5 Å². The number of rotatable bonds is 9. The van der Waals surface area contributed by atoms with Crippen LogP contribution in [-0.2, 0) is 20.9 Å². The van der Waals surface area contributed by atoms with Crippen molar-refractivity contribution in [2.75, 3.05) is 6.54 Å². The minimum Gasteiger partial charge on any atom is -0.350 e. The Morgan fingerprint density at radius 1 is 1.10 bits per heavy atom. The average molecular weight is 583 g/mol. The van der Waals surface area contributed by atoms with Crippen LogP contribution in [0.1, 0.15) is 77.0 Å². The number of nitrogens with one attached hydrogen (secondary N) is 2. The molecule has 2 N–H and O–H groups in total. The van der Waals surface area contributed by atoms with Gasteiger partial charge in [0.05, 0.1) is 16.1 Å². The second-order valence-corrected chi connectivity index (χ2v) is 13.7. The quantitative estimate of drug-likeness (QED) is 0.413. The summed E-state index contributed by atoms with van der Waals surface area (Å²) in [4.78, 5) is 47.4. The molecule has 1 aliphatic heterocycles. The number of amides is 3. The molecule has 0 radical (unpaired) electrons. The maximum absolute atomic E-state index is 14.7. The first-order chi connectivity index (χ1) is 19.6. The molecule has 3 aliphatic rings. The van der Waals surface area contributed by atoms with Gasteiger partial charge >= 0.3 is 0 Å². The number of halogens is 1. The van der Waals surface area contributed by atoms with Crippen LogP contribution >= 0.6 is 11.3 Å². The van der Waals surface area contributed by atoms with Crippen molar-refractivity contribution in [2.24, 2.45) is 23.7 Å². The van der Waals surface area contributed by atoms with Gasteiger partial charge in [-0.1, -0.05) is 45.0 Å². The molecule has 3 fully saturated rings. The number of thiazole rings is 1. The summed E-state index contributed by atoms with van der Waals surface area (Å²) in [5, 5.41) is 5.86. The molecule has 2 heterocycles. The fourth-order valence-corrected chi connectivity index (χ4v) is 7.32. The minimum absolute atomic E-state index is 0.0517. The number of carbonyl (C=O) groups is 3. The molecule has 0 spiro atoms. The second kappa shape index (κ2) is 12.2. The number of carbonyl (C=O) groups excluding carboxylic acids is 3. The van der Waals surface area contributed by atoms with Gasteiger partial charge in [0.1, 0.15) is 12.1 Å². The molecule has 1 saturated heterocycles. The van der Waals surface area contributed by atoms with Gasteiger partial charge in [0.15, 0.2) is 5.67 Å².